The number of hydrogen-bond acceptors (Lipinski definition) is 4. The number of methoxy groups -OCH3 is 1. The molecule has 2 rings (SSSR count). The van der Waals surface area contributed by atoms with Gasteiger partial charge in [0.05, 0.1) is 12.0 Å². The van der Waals surface area contributed by atoms with Crippen LogP contribution in [0.5, 0.6) is 0 Å². The van der Waals surface area contributed by atoms with Crippen LogP contribution in [0.15, 0.2) is 0 Å². The van der Waals surface area contributed by atoms with Crippen molar-refractivity contribution in [3.8, 4) is 0 Å². The molecule has 112 valence electrons. The minimum absolute atomic E-state index is 0. The molecule has 0 aromatic heterocycles. The van der Waals surface area contributed by atoms with Crippen molar-refractivity contribution in [2.75, 3.05) is 38.3 Å². The maximum Gasteiger partial charge on any atom is 0.228 e. The molecule has 4 nitrogen and oxygen atoms in total. The van der Waals surface area contributed by atoms with E-state index in [1.165, 1.54) is 11.5 Å². The average molecular weight is 309 g/mol. The van der Waals surface area contributed by atoms with Crippen molar-refractivity contribution in [3.63, 3.8) is 0 Å². The molecule has 2 N–H and O–H groups in total. The molecule has 0 aromatic rings. The van der Waals surface area contributed by atoms with Gasteiger partial charge in [0.25, 0.3) is 0 Å². The van der Waals surface area contributed by atoms with Gasteiger partial charge in [-0.15, -0.1) is 12.4 Å². The normalized spacial score (nSPS) is 23.4. The molecule has 2 aliphatic rings. The quantitative estimate of drug-likeness (QED) is 0.825. The Labute approximate surface area is 126 Å². The Morgan fingerprint density at radius 1 is 1.37 bits per heavy atom. The van der Waals surface area contributed by atoms with Crippen molar-refractivity contribution in [1.82, 2.24) is 10.6 Å². The molecule has 0 unspecified atom stereocenters. The average Bonchev–Trinajstić information content (AvgIpc) is 2.41. The number of piperidine rings is 1. The van der Waals surface area contributed by atoms with Crippen molar-refractivity contribution in [2.45, 2.75) is 31.7 Å². The smallest absolute Gasteiger partial charge is 0.228 e. The maximum absolute atomic E-state index is 12.6. The van der Waals surface area contributed by atoms with Gasteiger partial charge in [-0.05, 0) is 50.3 Å². The van der Waals surface area contributed by atoms with E-state index in [0.717, 1.165) is 38.8 Å². The van der Waals surface area contributed by atoms with Crippen LogP contribution in [0.2, 0.25) is 0 Å². The number of carbonyl (C=O) groups excluding carboxylic acids is 1. The zero-order valence-electron chi connectivity index (χ0n) is 11.6. The highest BCUT2D eigenvalue weighted by atomic mass is 35.5. The van der Waals surface area contributed by atoms with Gasteiger partial charge < -0.3 is 15.4 Å². The number of ether oxygens (including phenoxy) is 1. The third kappa shape index (κ3) is 4.52. The van der Waals surface area contributed by atoms with Crippen LogP contribution in [0.4, 0.5) is 0 Å². The molecule has 0 saturated carbocycles. The van der Waals surface area contributed by atoms with E-state index >= 15 is 0 Å². The first-order valence-corrected chi connectivity index (χ1v) is 8.01. The summed E-state index contributed by atoms with van der Waals surface area (Å²) in [6.45, 7) is 2.37. The largest absolute Gasteiger partial charge is 0.384 e. The molecule has 0 aliphatic carbocycles. The van der Waals surface area contributed by atoms with Crippen LogP contribution in [-0.4, -0.2) is 50.3 Å². The first-order valence-electron chi connectivity index (χ1n) is 6.85. The van der Waals surface area contributed by atoms with Crippen LogP contribution in [-0.2, 0) is 9.53 Å². The summed E-state index contributed by atoms with van der Waals surface area (Å²) >= 11 is 1.98. The second-order valence-corrected chi connectivity index (χ2v) is 6.55. The van der Waals surface area contributed by atoms with Gasteiger partial charge in [0.15, 0.2) is 0 Å². The van der Waals surface area contributed by atoms with Gasteiger partial charge in [-0.25, -0.2) is 0 Å². The fraction of sp³-hybridized carbons (Fsp3) is 0.923. The Kier molecular flexibility index (Phi) is 7.50. The Bertz CT molecular complexity index is 274. The Morgan fingerprint density at radius 3 is 2.58 bits per heavy atom. The van der Waals surface area contributed by atoms with E-state index in [9.17, 15) is 4.79 Å². The van der Waals surface area contributed by atoms with Crippen LogP contribution in [0.25, 0.3) is 0 Å². The monoisotopic (exact) mass is 308 g/mol. The van der Waals surface area contributed by atoms with Crippen LogP contribution in [0, 0.1) is 5.41 Å². The predicted molar refractivity (Wildman–Crippen MR) is 82.2 cm³/mol. The molecule has 0 spiro atoms. The van der Waals surface area contributed by atoms with Crippen LogP contribution in [0.1, 0.15) is 25.7 Å². The first-order chi connectivity index (χ1) is 8.77. The van der Waals surface area contributed by atoms with Gasteiger partial charge in [0.2, 0.25) is 5.91 Å². The molecule has 0 atom stereocenters. The molecule has 2 heterocycles. The van der Waals surface area contributed by atoms with Crippen LogP contribution < -0.4 is 10.6 Å². The summed E-state index contributed by atoms with van der Waals surface area (Å²) in [5.74, 6) is 2.55. The summed E-state index contributed by atoms with van der Waals surface area (Å²) in [7, 11) is 1.69. The number of hydrogen-bond donors (Lipinski definition) is 2. The van der Waals surface area contributed by atoms with Crippen LogP contribution in [0.3, 0.4) is 0 Å². The van der Waals surface area contributed by atoms with E-state index in [2.05, 4.69) is 10.6 Å². The lowest BCUT2D eigenvalue weighted by Crippen LogP contribution is -2.52. The molecule has 0 bridgehead atoms. The van der Waals surface area contributed by atoms with Gasteiger partial charge in [0.1, 0.15) is 0 Å². The standard InChI is InChI=1S/C13H24N2O2S.ClH/c1-17-10-13(4-6-14-7-5-13)12(16)15-11-2-8-18-9-3-11;/h11,14H,2-10H2,1H3,(H,15,16);1H. The number of thioether (sulfide) groups is 1. The fourth-order valence-electron chi connectivity index (χ4n) is 2.80. The number of amides is 1. The van der Waals surface area contributed by atoms with Crippen molar-refractivity contribution >= 4 is 30.1 Å². The molecule has 0 radical (unpaired) electrons. The summed E-state index contributed by atoms with van der Waals surface area (Å²) in [5, 5.41) is 6.57. The van der Waals surface area contributed by atoms with E-state index in [0.29, 0.717) is 12.6 Å². The molecule has 6 heteroatoms. The molecule has 2 saturated heterocycles. The van der Waals surface area contributed by atoms with Crippen LogP contribution >= 0.6 is 24.2 Å². The van der Waals surface area contributed by atoms with E-state index in [1.807, 2.05) is 11.8 Å². The topological polar surface area (TPSA) is 50.4 Å². The van der Waals surface area contributed by atoms with Gasteiger partial charge >= 0.3 is 0 Å². The Morgan fingerprint density at radius 2 is 2.00 bits per heavy atom. The van der Waals surface area contributed by atoms with Gasteiger partial charge in [-0.3, -0.25) is 4.79 Å². The maximum atomic E-state index is 12.6. The predicted octanol–water partition coefficient (Wildman–Crippen LogP) is 1.44. The minimum atomic E-state index is -0.301. The third-order valence-corrected chi connectivity index (χ3v) is 5.07. The summed E-state index contributed by atoms with van der Waals surface area (Å²) in [6, 6.07) is 0.377. The summed E-state index contributed by atoms with van der Waals surface area (Å²) in [5.41, 5.74) is -0.301. The fourth-order valence-corrected chi connectivity index (χ4v) is 3.91. The molecular weight excluding hydrogens is 284 g/mol. The highest BCUT2D eigenvalue weighted by molar-refractivity contribution is 7.99. The van der Waals surface area contributed by atoms with Crippen molar-refractivity contribution in [3.05, 3.63) is 0 Å². The zero-order chi connectivity index (χ0) is 12.8. The third-order valence-electron chi connectivity index (χ3n) is 4.02. The zero-order valence-corrected chi connectivity index (χ0v) is 13.2. The van der Waals surface area contributed by atoms with Crippen molar-refractivity contribution < 1.29 is 9.53 Å². The van der Waals surface area contributed by atoms with Crippen molar-refractivity contribution in [2.24, 2.45) is 5.41 Å². The lowest BCUT2D eigenvalue weighted by molar-refractivity contribution is -0.137. The molecule has 19 heavy (non-hydrogen) atoms. The van der Waals surface area contributed by atoms with Crippen molar-refractivity contribution in [1.29, 1.82) is 0 Å². The van der Waals surface area contributed by atoms with E-state index < -0.39 is 0 Å². The van der Waals surface area contributed by atoms with E-state index in [1.54, 1.807) is 7.11 Å². The molecule has 2 fully saturated rings. The van der Waals surface area contributed by atoms with E-state index in [-0.39, 0.29) is 23.7 Å². The molecular formula is C13H25ClN2O2S. The van der Waals surface area contributed by atoms with Gasteiger partial charge in [-0.2, -0.15) is 11.8 Å². The minimum Gasteiger partial charge on any atom is -0.384 e. The van der Waals surface area contributed by atoms with Gasteiger partial charge in [-0.1, -0.05) is 0 Å². The molecule has 2 aliphatic heterocycles. The van der Waals surface area contributed by atoms with Gasteiger partial charge in [0, 0.05) is 13.2 Å². The molecule has 0 aromatic carbocycles. The Hall–Kier alpha value is 0.0300. The SMILES string of the molecule is COCC1(C(=O)NC2CCSCC2)CCNCC1.Cl. The number of nitrogens with one attached hydrogen (secondary N) is 2. The number of rotatable bonds is 4. The second kappa shape index (κ2) is 8.35. The summed E-state index contributed by atoms with van der Waals surface area (Å²) < 4.78 is 5.30. The second-order valence-electron chi connectivity index (χ2n) is 5.32. The molecule has 1 amide bonds. The summed E-state index contributed by atoms with van der Waals surface area (Å²) in [4.78, 5) is 12.6. The number of halogens is 1. The highest BCUT2D eigenvalue weighted by Gasteiger charge is 2.40. The Balaban J connectivity index is 0.00000180. The number of carbonyl (C=O) groups is 1. The van der Waals surface area contributed by atoms with E-state index in [4.69, 9.17) is 4.74 Å². The lowest BCUT2D eigenvalue weighted by Gasteiger charge is -2.37. The lowest BCUT2D eigenvalue weighted by atomic mass is 9.78. The highest BCUT2D eigenvalue weighted by Crippen LogP contribution is 2.30. The first kappa shape index (κ1) is 17.1. The summed E-state index contributed by atoms with van der Waals surface area (Å²) in [6.07, 6.45) is 3.98.